The van der Waals surface area contributed by atoms with Crippen molar-refractivity contribution in [1.29, 1.82) is 0 Å². The first-order valence-electron chi connectivity index (χ1n) is 9.04. The van der Waals surface area contributed by atoms with Gasteiger partial charge in [0.15, 0.2) is 0 Å². The van der Waals surface area contributed by atoms with Gasteiger partial charge in [0.05, 0.1) is 18.0 Å². The van der Waals surface area contributed by atoms with Crippen molar-refractivity contribution >= 4 is 16.9 Å². The van der Waals surface area contributed by atoms with Gasteiger partial charge in [-0.1, -0.05) is 42.5 Å². The molecule has 0 aliphatic rings. The van der Waals surface area contributed by atoms with Gasteiger partial charge in [0.1, 0.15) is 11.6 Å². The molecular weight excluding hydrogens is 368 g/mol. The molecule has 1 aromatic heterocycles. The van der Waals surface area contributed by atoms with E-state index >= 15 is 0 Å². The van der Waals surface area contributed by atoms with Crippen LogP contribution in [0.15, 0.2) is 83.7 Å². The largest absolute Gasteiger partial charge is 0.474 e. The third-order valence-corrected chi connectivity index (χ3v) is 4.51. The van der Waals surface area contributed by atoms with Gasteiger partial charge >= 0.3 is 5.97 Å². The van der Waals surface area contributed by atoms with E-state index in [-0.39, 0.29) is 5.56 Å². The van der Waals surface area contributed by atoms with E-state index < -0.39 is 12.1 Å². The molecule has 0 saturated carbocycles. The fourth-order valence-corrected chi connectivity index (χ4v) is 3.04. The summed E-state index contributed by atoms with van der Waals surface area (Å²) < 4.78 is 10.7. The number of rotatable bonds is 5. The van der Waals surface area contributed by atoms with Crippen molar-refractivity contribution < 1.29 is 14.3 Å². The van der Waals surface area contributed by atoms with E-state index in [9.17, 15) is 9.59 Å². The Morgan fingerprint density at radius 1 is 0.931 bits per heavy atom. The second kappa shape index (κ2) is 7.98. The highest BCUT2D eigenvalue weighted by molar-refractivity contribution is 5.79. The Balaban J connectivity index is 1.62. The van der Waals surface area contributed by atoms with Crippen molar-refractivity contribution in [3.05, 3.63) is 94.8 Å². The molecule has 4 aromatic rings. The van der Waals surface area contributed by atoms with Crippen molar-refractivity contribution in [3.63, 3.8) is 0 Å². The lowest BCUT2D eigenvalue weighted by atomic mass is 10.1. The van der Waals surface area contributed by atoms with Crippen LogP contribution in [0.25, 0.3) is 22.3 Å². The Morgan fingerprint density at radius 2 is 1.62 bits per heavy atom. The molecule has 1 N–H and O–H groups in total. The average molecular weight is 386 g/mol. The van der Waals surface area contributed by atoms with Crippen molar-refractivity contribution in [2.75, 3.05) is 7.11 Å². The number of carbonyl (C=O) groups is 1. The summed E-state index contributed by atoms with van der Waals surface area (Å²) in [6, 6.07) is 23.3. The molecule has 0 bridgehead atoms. The number of benzene rings is 3. The van der Waals surface area contributed by atoms with Crippen LogP contribution >= 0.6 is 0 Å². The molecule has 0 fully saturated rings. The fraction of sp³-hybridized carbons (Fsp3) is 0.0870. The Labute approximate surface area is 166 Å². The van der Waals surface area contributed by atoms with E-state index in [0.29, 0.717) is 28.0 Å². The summed E-state index contributed by atoms with van der Waals surface area (Å²) in [7, 11) is 1.33. The summed E-state index contributed by atoms with van der Waals surface area (Å²) in [6.45, 7) is 0. The molecule has 6 nitrogen and oxygen atoms in total. The molecule has 4 rings (SSSR count). The van der Waals surface area contributed by atoms with Crippen LogP contribution in [0.2, 0.25) is 0 Å². The first-order chi connectivity index (χ1) is 14.2. The minimum absolute atomic E-state index is 0.194. The van der Waals surface area contributed by atoms with Crippen LogP contribution in [0.5, 0.6) is 5.75 Å². The number of aromatic nitrogens is 2. The quantitative estimate of drug-likeness (QED) is 0.527. The smallest absolute Gasteiger partial charge is 0.351 e. The van der Waals surface area contributed by atoms with Gasteiger partial charge in [0.25, 0.3) is 5.56 Å². The van der Waals surface area contributed by atoms with Gasteiger partial charge in [-0.25, -0.2) is 9.78 Å². The molecule has 1 unspecified atom stereocenters. The van der Waals surface area contributed by atoms with Crippen LogP contribution in [0, 0.1) is 0 Å². The minimum Gasteiger partial charge on any atom is -0.474 e. The number of para-hydroxylation sites is 1. The summed E-state index contributed by atoms with van der Waals surface area (Å²) in [5, 5.41) is 0.542. The predicted octanol–water partition coefficient (Wildman–Crippen LogP) is 3.88. The maximum Gasteiger partial charge on any atom is 0.351 e. The zero-order valence-electron chi connectivity index (χ0n) is 15.7. The first-order valence-corrected chi connectivity index (χ1v) is 9.04. The maximum atomic E-state index is 12.3. The average Bonchev–Trinajstić information content (AvgIpc) is 2.78. The van der Waals surface area contributed by atoms with E-state index in [4.69, 9.17) is 9.47 Å². The number of nitrogens with one attached hydrogen (secondary N) is 1. The molecule has 0 saturated heterocycles. The molecule has 1 atom stereocenters. The number of methoxy groups -OCH3 is 1. The van der Waals surface area contributed by atoms with Gasteiger partial charge < -0.3 is 14.5 Å². The van der Waals surface area contributed by atoms with Crippen molar-refractivity contribution in [2.24, 2.45) is 0 Å². The second-order valence-corrected chi connectivity index (χ2v) is 6.39. The van der Waals surface area contributed by atoms with Crippen LogP contribution in [0.3, 0.4) is 0 Å². The normalized spacial score (nSPS) is 11.8. The third-order valence-electron chi connectivity index (χ3n) is 4.51. The summed E-state index contributed by atoms with van der Waals surface area (Å²) in [5.41, 5.74) is 1.86. The molecule has 29 heavy (non-hydrogen) atoms. The predicted molar refractivity (Wildman–Crippen MR) is 110 cm³/mol. The molecule has 0 aliphatic heterocycles. The molecule has 1 heterocycles. The Kier molecular flexibility index (Phi) is 5.07. The number of carbonyl (C=O) groups excluding carboxylic acids is 1. The van der Waals surface area contributed by atoms with Crippen LogP contribution in [-0.2, 0) is 9.53 Å². The number of esters is 1. The summed E-state index contributed by atoms with van der Waals surface area (Å²) >= 11 is 0. The standard InChI is InChI=1S/C23H18N2O4/c1-28-23(27)20(15-7-3-2-4-8-15)29-17-13-11-16(12-14-17)21-24-19-10-6-5-9-18(19)22(26)25-21/h2-14,20H,1H3,(H,24,25,26). The van der Waals surface area contributed by atoms with E-state index in [2.05, 4.69) is 9.97 Å². The topological polar surface area (TPSA) is 81.3 Å². The Bertz CT molecular complexity index is 1200. The van der Waals surface area contributed by atoms with Gasteiger partial charge in [-0.05, 0) is 36.4 Å². The third kappa shape index (κ3) is 3.87. The second-order valence-electron chi connectivity index (χ2n) is 6.39. The number of hydrogen-bond acceptors (Lipinski definition) is 5. The van der Waals surface area contributed by atoms with Crippen LogP contribution in [0.1, 0.15) is 11.7 Å². The fourth-order valence-electron chi connectivity index (χ4n) is 3.04. The SMILES string of the molecule is COC(=O)C(Oc1ccc(-c2nc3ccccc3c(=O)[nH]2)cc1)c1ccccc1. The lowest BCUT2D eigenvalue weighted by molar-refractivity contribution is -0.149. The number of hydrogen-bond donors (Lipinski definition) is 1. The van der Waals surface area contributed by atoms with Crippen molar-refractivity contribution in [1.82, 2.24) is 9.97 Å². The summed E-state index contributed by atoms with van der Waals surface area (Å²) in [4.78, 5) is 31.8. The number of H-pyrrole nitrogens is 1. The molecule has 0 radical (unpaired) electrons. The Hall–Kier alpha value is -3.93. The highest BCUT2D eigenvalue weighted by atomic mass is 16.6. The molecule has 0 spiro atoms. The summed E-state index contributed by atoms with van der Waals surface area (Å²) in [6.07, 6.45) is -0.870. The molecule has 3 aromatic carbocycles. The van der Waals surface area contributed by atoms with Gasteiger partial charge in [0.2, 0.25) is 6.10 Å². The zero-order chi connectivity index (χ0) is 20.2. The van der Waals surface area contributed by atoms with Gasteiger partial charge in [-0.2, -0.15) is 0 Å². The van der Waals surface area contributed by atoms with Gasteiger partial charge in [-0.15, -0.1) is 0 Å². The first kappa shape index (κ1) is 18.4. The number of aromatic amines is 1. The zero-order valence-corrected chi connectivity index (χ0v) is 15.7. The number of ether oxygens (including phenoxy) is 2. The molecule has 0 amide bonds. The van der Waals surface area contributed by atoms with E-state index in [0.717, 1.165) is 5.56 Å². The lowest BCUT2D eigenvalue weighted by Gasteiger charge is -2.17. The van der Waals surface area contributed by atoms with Crippen LogP contribution in [-0.4, -0.2) is 23.0 Å². The molecule has 144 valence electrons. The molecular formula is C23H18N2O4. The monoisotopic (exact) mass is 386 g/mol. The highest BCUT2D eigenvalue weighted by Gasteiger charge is 2.23. The van der Waals surface area contributed by atoms with Crippen LogP contribution in [0.4, 0.5) is 0 Å². The van der Waals surface area contributed by atoms with Crippen molar-refractivity contribution in [3.8, 4) is 17.1 Å². The highest BCUT2D eigenvalue weighted by Crippen LogP contribution is 2.25. The summed E-state index contributed by atoms with van der Waals surface area (Å²) in [5.74, 6) is 0.477. The maximum absolute atomic E-state index is 12.3. The number of fused-ring (bicyclic) bond motifs is 1. The van der Waals surface area contributed by atoms with E-state index in [1.807, 2.05) is 24.3 Å². The Morgan fingerprint density at radius 3 is 2.34 bits per heavy atom. The van der Waals surface area contributed by atoms with Crippen LogP contribution < -0.4 is 10.3 Å². The number of nitrogens with zero attached hydrogens (tertiary/aromatic N) is 1. The van der Waals surface area contributed by atoms with E-state index in [1.54, 1.807) is 54.6 Å². The van der Waals surface area contributed by atoms with Gasteiger partial charge in [0, 0.05) is 11.1 Å². The molecule has 0 aliphatic carbocycles. The minimum atomic E-state index is -0.870. The van der Waals surface area contributed by atoms with Crippen molar-refractivity contribution in [2.45, 2.75) is 6.10 Å². The molecule has 6 heteroatoms. The lowest BCUT2D eigenvalue weighted by Crippen LogP contribution is -2.20. The van der Waals surface area contributed by atoms with E-state index in [1.165, 1.54) is 7.11 Å². The van der Waals surface area contributed by atoms with Gasteiger partial charge in [-0.3, -0.25) is 4.79 Å².